The van der Waals surface area contributed by atoms with Crippen molar-refractivity contribution in [1.82, 2.24) is 10.2 Å². The molecule has 1 fully saturated rings. The summed E-state index contributed by atoms with van der Waals surface area (Å²) in [5.41, 5.74) is 0.371. The van der Waals surface area contributed by atoms with Gasteiger partial charge in [-0.2, -0.15) is 0 Å². The van der Waals surface area contributed by atoms with Crippen molar-refractivity contribution < 1.29 is 19.0 Å². The summed E-state index contributed by atoms with van der Waals surface area (Å²) in [4.78, 5) is 1.66. The van der Waals surface area contributed by atoms with Gasteiger partial charge in [-0.25, -0.2) is 8.78 Å². The Bertz CT molecular complexity index is 468. The Kier molecular flexibility index (Phi) is 4.95. The lowest BCUT2D eigenvalue weighted by Gasteiger charge is -2.38. The number of aliphatic hydroxyl groups is 1. The largest absolute Gasteiger partial charge is 0.507 e. The van der Waals surface area contributed by atoms with Crippen LogP contribution in [0.4, 0.5) is 8.78 Å². The zero-order chi connectivity index (χ0) is 14.8. The molecule has 1 heterocycles. The number of aliphatic hydroxyl groups excluding tert-OH is 1. The number of piperazine rings is 1. The number of halogens is 3. The molecule has 3 N–H and O–H groups in total. The van der Waals surface area contributed by atoms with Crippen LogP contribution in [0.15, 0.2) is 22.7 Å². The molecule has 20 heavy (non-hydrogen) atoms. The van der Waals surface area contributed by atoms with Gasteiger partial charge in [0.1, 0.15) is 18.4 Å². The van der Waals surface area contributed by atoms with Crippen molar-refractivity contribution in [3.63, 3.8) is 0 Å². The van der Waals surface area contributed by atoms with E-state index in [2.05, 4.69) is 21.2 Å². The van der Waals surface area contributed by atoms with Crippen molar-refractivity contribution in [2.75, 3.05) is 32.8 Å². The predicted octanol–water partition coefficient (Wildman–Crippen LogP) is 1.73. The molecule has 0 aliphatic carbocycles. The summed E-state index contributed by atoms with van der Waals surface area (Å²) in [6.07, 6.45) is 0. The number of nitrogens with zero attached hydrogens (tertiary/aromatic N) is 1. The highest BCUT2D eigenvalue weighted by Gasteiger charge is 2.44. The van der Waals surface area contributed by atoms with Gasteiger partial charge in [-0.15, -0.1) is 0 Å². The van der Waals surface area contributed by atoms with E-state index in [1.165, 1.54) is 18.2 Å². The Balaban J connectivity index is 2.36. The predicted molar refractivity (Wildman–Crippen MR) is 75.0 cm³/mol. The van der Waals surface area contributed by atoms with Crippen molar-refractivity contribution in [3.05, 3.63) is 28.2 Å². The molecular weight excluding hydrogens is 334 g/mol. The number of phenols is 1. The second-order valence-corrected chi connectivity index (χ2v) is 5.67. The SMILES string of the molecule is OCC(F)(F)[C@H](c1ccc(O)c(Br)c1)N1CCNCC1. The minimum atomic E-state index is -3.24. The fraction of sp³-hybridized carbons (Fsp3) is 0.538. The third-order valence-electron chi connectivity index (χ3n) is 3.42. The lowest BCUT2D eigenvalue weighted by molar-refractivity contribution is -0.118. The number of aromatic hydroxyl groups is 1. The molecule has 2 rings (SSSR count). The van der Waals surface area contributed by atoms with Gasteiger partial charge in [0.15, 0.2) is 0 Å². The molecule has 0 radical (unpaired) electrons. The van der Waals surface area contributed by atoms with Crippen molar-refractivity contribution in [3.8, 4) is 5.75 Å². The van der Waals surface area contributed by atoms with E-state index in [1.807, 2.05) is 0 Å². The maximum atomic E-state index is 14.1. The molecule has 0 amide bonds. The maximum Gasteiger partial charge on any atom is 0.289 e. The third kappa shape index (κ3) is 3.28. The molecule has 112 valence electrons. The van der Waals surface area contributed by atoms with Gasteiger partial charge >= 0.3 is 0 Å². The number of nitrogens with one attached hydrogen (secondary N) is 1. The average Bonchev–Trinajstić information content (AvgIpc) is 2.44. The zero-order valence-corrected chi connectivity index (χ0v) is 12.4. The minimum Gasteiger partial charge on any atom is -0.507 e. The van der Waals surface area contributed by atoms with Gasteiger partial charge in [0, 0.05) is 26.2 Å². The molecule has 1 aliphatic heterocycles. The van der Waals surface area contributed by atoms with Gasteiger partial charge in [0.2, 0.25) is 0 Å². The summed E-state index contributed by atoms with van der Waals surface area (Å²) < 4.78 is 28.6. The van der Waals surface area contributed by atoms with Crippen molar-refractivity contribution in [1.29, 1.82) is 0 Å². The average molecular weight is 351 g/mol. The Morgan fingerprint density at radius 1 is 1.35 bits per heavy atom. The van der Waals surface area contributed by atoms with E-state index >= 15 is 0 Å². The number of hydrogen-bond acceptors (Lipinski definition) is 4. The first-order valence-corrected chi connectivity index (χ1v) is 7.17. The Morgan fingerprint density at radius 2 is 2.00 bits per heavy atom. The van der Waals surface area contributed by atoms with Crippen molar-refractivity contribution in [2.24, 2.45) is 0 Å². The summed E-state index contributed by atoms with van der Waals surface area (Å²) in [5, 5.41) is 21.6. The van der Waals surface area contributed by atoms with Crippen LogP contribution in [0.1, 0.15) is 11.6 Å². The Morgan fingerprint density at radius 3 is 2.55 bits per heavy atom. The standard InChI is InChI=1S/C13H17BrF2N2O2/c14-10-7-9(1-2-11(10)20)12(13(15,16)8-19)18-5-3-17-4-6-18/h1-2,7,12,17,19-20H,3-6,8H2/t12-/m0/s1. The summed E-state index contributed by atoms with van der Waals surface area (Å²) >= 11 is 3.14. The second-order valence-electron chi connectivity index (χ2n) is 4.82. The van der Waals surface area contributed by atoms with Gasteiger partial charge in [-0.05, 0) is 33.6 Å². The van der Waals surface area contributed by atoms with Crippen molar-refractivity contribution in [2.45, 2.75) is 12.0 Å². The molecular formula is C13H17BrF2N2O2. The van der Waals surface area contributed by atoms with E-state index in [4.69, 9.17) is 5.11 Å². The number of hydrogen-bond donors (Lipinski definition) is 3. The van der Waals surface area contributed by atoms with Crippen molar-refractivity contribution >= 4 is 15.9 Å². The lowest BCUT2D eigenvalue weighted by Crippen LogP contribution is -2.51. The highest BCUT2D eigenvalue weighted by Crippen LogP contribution is 2.38. The number of rotatable bonds is 4. The van der Waals surface area contributed by atoms with Gasteiger partial charge in [-0.1, -0.05) is 6.07 Å². The van der Waals surface area contributed by atoms with Gasteiger partial charge in [-0.3, -0.25) is 4.90 Å². The zero-order valence-electron chi connectivity index (χ0n) is 10.8. The molecule has 4 nitrogen and oxygen atoms in total. The summed E-state index contributed by atoms with van der Waals surface area (Å²) in [6, 6.07) is 3.12. The van der Waals surface area contributed by atoms with Crippen LogP contribution in [0.5, 0.6) is 5.75 Å². The van der Waals surface area contributed by atoms with Gasteiger partial charge in [0.05, 0.1) is 4.47 Å². The number of phenolic OH excluding ortho intramolecular Hbond substituents is 1. The summed E-state index contributed by atoms with van der Waals surface area (Å²) in [6.45, 7) is 1.03. The van der Waals surface area contributed by atoms with Crippen LogP contribution in [-0.4, -0.2) is 53.8 Å². The van der Waals surface area contributed by atoms with Crippen LogP contribution >= 0.6 is 15.9 Å². The van der Waals surface area contributed by atoms with Crippen LogP contribution < -0.4 is 5.32 Å². The van der Waals surface area contributed by atoms with E-state index in [-0.39, 0.29) is 5.75 Å². The third-order valence-corrected chi connectivity index (χ3v) is 4.05. The fourth-order valence-electron chi connectivity index (χ4n) is 2.44. The molecule has 0 saturated carbocycles. The summed E-state index contributed by atoms with van der Waals surface area (Å²) in [5.74, 6) is -3.24. The van der Waals surface area contributed by atoms with E-state index in [9.17, 15) is 13.9 Å². The van der Waals surface area contributed by atoms with E-state index in [1.54, 1.807) is 4.90 Å². The van der Waals surface area contributed by atoms with Crippen LogP contribution in [-0.2, 0) is 0 Å². The van der Waals surface area contributed by atoms with E-state index < -0.39 is 18.6 Å². The first kappa shape index (κ1) is 15.6. The molecule has 0 aromatic heterocycles. The topological polar surface area (TPSA) is 55.7 Å². The van der Waals surface area contributed by atoms with Crippen LogP contribution in [0, 0.1) is 0 Å². The van der Waals surface area contributed by atoms with Gasteiger partial charge < -0.3 is 15.5 Å². The normalized spacial score (nSPS) is 19.0. The van der Waals surface area contributed by atoms with Gasteiger partial charge in [0.25, 0.3) is 5.92 Å². The molecule has 0 spiro atoms. The highest BCUT2D eigenvalue weighted by atomic mass is 79.9. The number of benzene rings is 1. The first-order valence-electron chi connectivity index (χ1n) is 6.37. The summed E-state index contributed by atoms with van der Waals surface area (Å²) in [7, 11) is 0. The molecule has 1 aromatic rings. The lowest BCUT2D eigenvalue weighted by atomic mass is 9.98. The Hall–Kier alpha value is -0.760. The van der Waals surface area contributed by atoms with Crippen LogP contribution in [0.25, 0.3) is 0 Å². The maximum absolute atomic E-state index is 14.1. The molecule has 7 heteroatoms. The second kappa shape index (κ2) is 6.34. The fourth-order valence-corrected chi connectivity index (χ4v) is 2.84. The number of alkyl halides is 2. The smallest absolute Gasteiger partial charge is 0.289 e. The highest BCUT2D eigenvalue weighted by molar-refractivity contribution is 9.10. The minimum absolute atomic E-state index is 0.000116. The Labute approximate surface area is 124 Å². The molecule has 1 atom stereocenters. The molecule has 0 bridgehead atoms. The van der Waals surface area contributed by atoms with Crippen LogP contribution in [0.3, 0.4) is 0 Å². The molecule has 1 aliphatic rings. The van der Waals surface area contributed by atoms with Crippen LogP contribution in [0.2, 0.25) is 0 Å². The quantitative estimate of drug-likeness (QED) is 0.774. The molecule has 1 aromatic carbocycles. The monoisotopic (exact) mass is 350 g/mol. The first-order chi connectivity index (χ1) is 9.45. The van der Waals surface area contributed by atoms with E-state index in [0.29, 0.717) is 36.2 Å². The molecule has 1 saturated heterocycles. The van der Waals surface area contributed by atoms with E-state index in [0.717, 1.165) is 0 Å². The molecule has 0 unspecified atom stereocenters.